The molecule has 0 aromatic heterocycles. The maximum Gasteiger partial charge on any atom is 0.232 e. The van der Waals surface area contributed by atoms with Crippen molar-refractivity contribution in [3.05, 3.63) is 35.6 Å². The summed E-state index contributed by atoms with van der Waals surface area (Å²) in [6.45, 7) is 4.36. The molecule has 1 aliphatic heterocycles. The molecule has 1 aromatic carbocycles. The second-order valence-electron chi connectivity index (χ2n) is 6.67. The predicted octanol–water partition coefficient (Wildman–Crippen LogP) is 1.63. The molecule has 0 unspecified atom stereocenters. The summed E-state index contributed by atoms with van der Waals surface area (Å²) in [5.74, 6) is -0.608. The number of halogens is 1. The third-order valence-electron chi connectivity index (χ3n) is 4.45. The predicted molar refractivity (Wildman–Crippen MR) is 86.7 cm³/mol. The first-order chi connectivity index (χ1) is 10.6. The van der Waals surface area contributed by atoms with Crippen molar-refractivity contribution in [2.24, 2.45) is 11.1 Å². The minimum Gasteiger partial charge on any atom is -0.342 e. The molecule has 2 rings (SSSR count). The Balaban J connectivity index is 2.06. The van der Waals surface area contributed by atoms with Gasteiger partial charge in [0.1, 0.15) is 5.82 Å². The van der Waals surface area contributed by atoms with Crippen LogP contribution in [0.25, 0.3) is 0 Å². The average molecular weight is 342 g/mol. The second-order valence-corrected chi connectivity index (χ2v) is 8.33. The number of carbonyl (C=O) groups excluding carboxylic acids is 1. The molecule has 128 valence electrons. The topological polar surface area (TPSA) is 80.5 Å². The van der Waals surface area contributed by atoms with Gasteiger partial charge in [-0.2, -0.15) is 0 Å². The minimum absolute atomic E-state index is 0.0226. The summed E-state index contributed by atoms with van der Waals surface area (Å²) >= 11 is 0. The van der Waals surface area contributed by atoms with Gasteiger partial charge < -0.3 is 4.90 Å². The summed E-state index contributed by atoms with van der Waals surface area (Å²) in [5.41, 5.74) is -0.588. The van der Waals surface area contributed by atoms with E-state index in [-0.39, 0.29) is 17.6 Å². The number of hydrogen-bond donors (Lipinski definition) is 1. The number of likely N-dealkylation sites (tertiary alicyclic amines) is 1. The van der Waals surface area contributed by atoms with Crippen molar-refractivity contribution in [3.8, 4) is 0 Å². The van der Waals surface area contributed by atoms with Crippen LogP contribution in [0.2, 0.25) is 0 Å². The highest BCUT2D eigenvalue weighted by Crippen LogP contribution is 2.30. The molecule has 0 saturated carbocycles. The van der Waals surface area contributed by atoms with Gasteiger partial charge in [-0.25, -0.2) is 17.9 Å². The highest BCUT2D eigenvalue weighted by Gasteiger charge is 2.37. The van der Waals surface area contributed by atoms with Crippen LogP contribution in [-0.4, -0.2) is 38.1 Å². The van der Waals surface area contributed by atoms with Crippen molar-refractivity contribution >= 4 is 15.9 Å². The molecule has 1 aromatic rings. The summed E-state index contributed by atoms with van der Waals surface area (Å²) in [6.07, 6.45) is 1.19. The maximum atomic E-state index is 14.0. The lowest BCUT2D eigenvalue weighted by Crippen LogP contribution is -2.48. The zero-order chi connectivity index (χ0) is 17.3. The molecule has 0 atom stereocenters. The van der Waals surface area contributed by atoms with Crippen LogP contribution in [0.4, 0.5) is 4.39 Å². The van der Waals surface area contributed by atoms with E-state index >= 15 is 0 Å². The van der Waals surface area contributed by atoms with Gasteiger partial charge in [-0.15, -0.1) is 0 Å². The van der Waals surface area contributed by atoms with E-state index < -0.39 is 21.3 Å². The van der Waals surface area contributed by atoms with Gasteiger partial charge >= 0.3 is 0 Å². The molecular formula is C16H23FN2O3S. The number of piperidine rings is 1. The first-order valence-corrected chi connectivity index (χ1v) is 9.37. The van der Waals surface area contributed by atoms with Gasteiger partial charge in [-0.05, 0) is 38.7 Å². The standard InChI is InChI=1S/C16H23FN2O3S/c1-16(2,13-5-3-4-6-14(13)17)15(20)19-9-7-12(8-10-19)11-23(18,21)22/h3-6,12H,7-11H2,1-2H3,(H2,18,21,22). The third-order valence-corrected chi connectivity index (χ3v) is 5.39. The lowest BCUT2D eigenvalue weighted by molar-refractivity contribution is -0.137. The van der Waals surface area contributed by atoms with E-state index in [1.165, 1.54) is 6.07 Å². The molecule has 0 radical (unpaired) electrons. The molecule has 1 heterocycles. The van der Waals surface area contributed by atoms with Gasteiger partial charge in [0.25, 0.3) is 0 Å². The number of primary sulfonamides is 1. The van der Waals surface area contributed by atoms with E-state index in [1.807, 2.05) is 0 Å². The second kappa shape index (κ2) is 6.57. The van der Waals surface area contributed by atoms with Gasteiger partial charge in [0, 0.05) is 18.7 Å². The minimum atomic E-state index is -3.49. The number of hydrogen-bond acceptors (Lipinski definition) is 3. The van der Waals surface area contributed by atoms with Crippen LogP contribution in [-0.2, 0) is 20.2 Å². The molecule has 2 N–H and O–H groups in total. The summed E-state index contributed by atoms with van der Waals surface area (Å²) in [4.78, 5) is 14.5. The van der Waals surface area contributed by atoms with E-state index in [1.54, 1.807) is 36.9 Å². The normalized spacial score (nSPS) is 17.3. The van der Waals surface area contributed by atoms with E-state index in [2.05, 4.69) is 0 Å². The molecule has 23 heavy (non-hydrogen) atoms. The van der Waals surface area contributed by atoms with E-state index in [0.717, 1.165) is 0 Å². The van der Waals surface area contributed by atoms with Crippen molar-refractivity contribution in [2.75, 3.05) is 18.8 Å². The van der Waals surface area contributed by atoms with Gasteiger partial charge in [0.05, 0.1) is 11.2 Å². The molecule has 1 aliphatic rings. The lowest BCUT2D eigenvalue weighted by Gasteiger charge is -2.37. The van der Waals surface area contributed by atoms with Crippen LogP contribution in [0.15, 0.2) is 24.3 Å². The maximum absolute atomic E-state index is 14.0. The number of nitrogens with zero attached hydrogens (tertiary/aromatic N) is 1. The van der Waals surface area contributed by atoms with Crippen LogP contribution < -0.4 is 5.14 Å². The van der Waals surface area contributed by atoms with Crippen molar-refractivity contribution < 1.29 is 17.6 Å². The van der Waals surface area contributed by atoms with Gasteiger partial charge in [-0.3, -0.25) is 4.79 Å². The smallest absolute Gasteiger partial charge is 0.232 e. The van der Waals surface area contributed by atoms with Crippen LogP contribution in [0.1, 0.15) is 32.3 Å². The first-order valence-electron chi connectivity index (χ1n) is 7.66. The van der Waals surface area contributed by atoms with Crippen molar-refractivity contribution in [3.63, 3.8) is 0 Å². The Morgan fingerprint density at radius 3 is 2.39 bits per heavy atom. The van der Waals surface area contributed by atoms with Gasteiger partial charge in [-0.1, -0.05) is 18.2 Å². The number of carbonyl (C=O) groups is 1. The van der Waals surface area contributed by atoms with E-state index in [9.17, 15) is 17.6 Å². The van der Waals surface area contributed by atoms with Crippen LogP contribution in [0.5, 0.6) is 0 Å². The SMILES string of the molecule is CC(C)(C(=O)N1CCC(CS(N)(=O)=O)CC1)c1ccccc1F. The molecule has 0 spiro atoms. The van der Waals surface area contributed by atoms with Gasteiger partial charge in [0.15, 0.2) is 0 Å². The Morgan fingerprint density at radius 1 is 1.30 bits per heavy atom. The Kier molecular flexibility index (Phi) is 5.10. The number of rotatable bonds is 4. The third kappa shape index (κ3) is 4.29. The molecule has 1 amide bonds. The van der Waals surface area contributed by atoms with Crippen LogP contribution in [0, 0.1) is 11.7 Å². The van der Waals surface area contributed by atoms with Crippen LogP contribution in [0.3, 0.4) is 0 Å². The average Bonchev–Trinajstić information content (AvgIpc) is 2.46. The van der Waals surface area contributed by atoms with E-state index in [0.29, 0.717) is 31.5 Å². The number of sulfonamides is 1. The summed E-state index contributed by atoms with van der Waals surface area (Å²) in [5, 5.41) is 5.07. The monoisotopic (exact) mass is 342 g/mol. The number of amides is 1. The molecule has 5 nitrogen and oxygen atoms in total. The Morgan fingerprint density at radius 2 is 1.87 bits per heavy atom. The van der Waals surface area contributed by atoms with Gasteiger partial charge in [0.2, 0.25) is 15.9 Å². The van der Waals surface area contributed by atoms with Crippen LogP contribution >= 0.6 is 0 Å². The fraction of sp³-hybridized carbons (Fsp3) is 0.562. The first kappa shape index (κ1) is 17.9. The summed E-state index contributed by atoms with van der Waals surface area (Å²) in [7, 11) is -3.49. The number of benzene rings is 1. The fourth-order valence-corrected chi connectivity index (χ4v) is 4.10. The lowest BCUT2D eigenvalue weighted by atomic mass is 9.82. The largest absolute Gasteiger partial charge is 0.342 e. The zero-order valence-corrected chi connectivity index (χ0v) is 14.3. The zero-order valence-electron chi connectivity index (χ0n) is 13.5. The summed E-state index contributed by atoms with van der Waals surface area (Å²) < 4.78 is 36.3. The molecule has 1 saturated heterocycles. The van der Waals surface area contributed by atoms with E-state index in [4.69, 9.17) is 5.14 Å². The van der Waals surface area contributed by atoms with Crippen molar-refractivity contribution in [1.29, 1.82) is 0 Å². The molecule has 7 heteroatoms. The summed E-state index contributed by atoms with van der Waals surface area (Å²) in [6, 6.07) is 6.29. The van der Waals surface area contributed by atoms with Crippen molar-refractivity contribution in [1.82, 2.24) is 4.90 Å². The quantitative estimate of drug-likeness (QED) is 0.903. The molecule has 0 bridgehead atoms. The Bertz CT molecular complexity index is 680. The highest BCUT2D eigenvalue weighted by molar-refractivity contribution is 7.89. The Hall–Kier alpha value is -1.47. The fourth-order valence-electron chi connectivity index (χ4n) is 3.11. The molecule has 0 aliphatic carbocycles. The highest BCUT2D eigenvalue weighted by atomic mass is 32.2. The molecular weight excluding hydrogens is 319 g/mol. The molecule has 1 fully saturated rings. The Labute approximate surface area is 136 Å². The van der Waals surface area contributed by atoms with Crippen molar-refractivity contribution in [2.45, 2.75) is 32.1 Å². The number of nitrogens with two attached hydrogens (primary N) is 1.